The number of hydrogen-bond donors (Lipinski definition) is 1. The highest BCUT2D eigenvalue weighted by atomic mass is 19.1. The molecule has 11 heavy (non-hydrogen) atoms. The lowest BCUT2D eigenvalue weighted by Gasteiger charge is -1.90. The van der Waals surface area contributed by atoms with E-state index in [0.717, 1.165) is 10.9 Å². The average molecular weight is 150 g/mol. The van der Waals surface area contributed by atoms with Gasteiger partial charge in [0, 0.05) is 17.6 Å². The van der Waals surface area contributed by atoms with Crippen molar-refractivity contribution in [1.29, 1.82) is 0 Å². The van der Waals surface area contributed by atoms with E-state index >= 15 is 0 Å². The van der Waals surface area contributed by atoms with Crippen molar-refractivity contribution in [3.63, 3.8) is 0 Å². The summed E-state index contributed by atoms with van der Waals surface area (Å²) in [6.07, 6.45) is 1.66. The Bertz CT molecular complexity index is 392. The van der Waals surface area contributed by atoms with Crippen molar-refractivity contribution in [3.05, 3.63) is 29.8 Å². The summed E-state index contributed by atoms with van der Waals surface area (Å²) < 4.78 is 12.6. The largest absolute Gasteiger partial charge is 0.316 e. The number of pyridine rings is 1. The van der Waals surface area contributed by atoms with E-state index in [9.17, 15) is 4.39 Å². The second-order valence-electron chi connectivity index (χ2n) is 2.51. The van der Waals surface area contributed by atoms with Crippen LogP contribution in [0.3, 0.4) is 0 Å². The lowest BCUT2D eigenvalue weighted by atomic mass is 10.2. The SMILES string of the molecule is Cc1ccnc2[nH]c(F)cc12. The van der Waals surface area contributed by atoms with Gasteiger partial charge in [0.2, 0.25) is 0 Å². The third-order valence-corrected chi connectivity index (χ3v) is 1.72. The standard InChI is InChI=1S/C8H7FN2/c1-5-2-3-10-8-6(5)4-7(9)11-8/h2-4H,1H3,(H,10,11). The molecule has 2 heterocycles. The predicted molar refractivity (Wildman–Crippen MR) is 40.8 cm³/mol. The smallest absolute Gasteiger partial charge is 0.193 e. The van der Waals surface area contributed by atoms with Crippen LogP contribution < -0.4 is 0 Å². The van der Waals surface area contributed by atoms with E-state index in [0.29, 0.717) is 5.65 Å². The highest BCUT2D eigenvalue weighted by molar-refractivity contribution is 5.78. The topological polar surface area (TPSA) is 28.7 Å². The molecule has 0 spiro atoms. The first-order chi connectivity index (χ1) is 5.27. The molecule has 0 aliphatic heterocycles. The average Bonchev–Trinajstić information content (AvgIpc) is 2.31. The molecule has 0 aliphatic rings. The van der Waals surface area contributed by atoms with Crippen molar-refractivity contribution in [2.75, 3.05) is 0 Å². The van der Waals surface area contributed by atoms with Gasteiger partial charge in [0.1, 0.15) is 5.65 Å². The van der Waals surface area contributed by atoms with Gasteiger partial charge < -0.3 is 4.98 Å². The fraction of sp³-hybridized carbons (Fsp3) is 0.125. The van der Waals surface area contributed by atoms with Crippen molar-refractivity contribution in [3.8, 4) is 0 Å². The van der Waals surface area contributed by atoms with Crippen molar-refractivity contribution >= 4 is 11.0 Å². The Morgan fingerprint density at radius 2 is 2.36 bits per heavy atom. The first-order valence-electron chi connectivity index (χ1n) is 3.37. The van der Waals surface area contributed by atoms with Gasteiger partial charge in [-0.15, -0.1) is 0 Å². The van der Waals surface area contributed by atoms with Gasteiger partial charge in [-0.2, -0.15) is 4.39 Å². The fourth-order valence-corrected chi connectivity index (χ4v) is 1.13. The van der Waals surface area contributed by atoms with Gasteiger partial charge in [0.25, 0.3) is 0 Å². The molecule has 0 saturated carbocycles. The van der Waals surface area contributed by atoms with Crippen LogP contribution in [0.5, 0.6) is 0 Å². The molecule has 0 saturated heterocycles. The van der Waals surface area contributed by atoms with Crippen LogP contribution in [0.15, 0.2) is 18.3 Å². The molecule has 0 aliphatic carbocycles. The Balaban J connectivity index is 2.90. The Morgan fingerprint density at radius 3 is 3.09 bits per heavy atom. The number of aromatic amines is 1. The maximum absolute atomic E-state index is 12.6. The Hall–Kier alpha value is -1.38. The summed E-state index contributed by atoms with van der Waals surface area (Å²) in [5.74, 6) is -0.332. The normalized spacial score (nSPS) is 10.7. The van der Waals surface area contributed by atoms with Crippen LogP contribution in [0.2, 0.25) is 0 Å². The second-order valence-corrected chi connectivity index (χ2v) is 2.51. The quantitative estimate of drug-likeness (QED) is 0.611. The molecular formula is C8H7FN2. The molecule has 0 aromatic carbocycles. The molecule has 0 radical (unpaired) electrons. The lowest BCUT2D eigenvalue weighted by Crippen LogP contribution is -1.77. The van der Waals surface area contributed by atoms with E-state index in [1.807, 2.05) is 13.0 Å². The van der Waals surface area contributed by atoms with E-state index in [1.165, 1.54) is 6.07 Å². The number of nitrogens with zero attached hydrogens (tertiary/aromatic N) is 1. The molecule has 0 bridgehead atoms. The fourth-order valence-electron chi connectivity index (χ4n) is 1.13. The Labute approximate surface area is 63.1 Å². The van der Waals surface area contributed by atoms with Crippen molar-refractivity contribution < 1.29 is 4.39 Å². The minimum absolute atomic E-state index is 0.332. The molecule has 0 atom stereocenters. The zero-order chi connectivity index (χ0) is 7.84. The molecular weight excluding hydrogens is 143 g/mol. The van der Waals surface area contributed by atoms with E-state index in [1.54, 1.807) is 6.20 Å². The van der Waals surface area contributed by atoms with Crippen LogP contribution in [-0.2, 0) is 0 Å². The zero-order valence-corrected chi connectivity index (χ0v) is 6.06. The highest BCUT2D eigenvalue weighted by Crippen LogP contribution is 2.15. The third-order valence-electron chi connectivity index (χ3n) is 1.72. The molecule has 0 fully saturated rings. The Morgan fingerprint density at radius 1 is 1.55 bits per heavy atom. The second kappa shape index (κ2) is 2.05. The van der Waals surface area contributed by atoms with E-state index in [-0.39, 0.29) is 5.95 Å². The zero-order valence-electron chi connectivity index (χ0n) is 6.06. The molecule has 2 nitrogen and oxygen atoms in total. The number of fused-ring (bicyclic) bond motifs is 1. The maximum Gasteiger partial charge on any atom is 0.193 e. The number of hydrogen-bond acceptors (Lipinski definition) is 1. The van der Waals surface area contributed by atoms with Crippen molar-refractivity contribution in [2.45, 2.75) is 6.92 Å². The third kappa shape index (κ3) is 0.888. The number of rotatable bonds is 0. The van der Waals surface area contributed by atoms with Crippen LogP contribution in [0.4, 0.5) is 4.39 Å². The monoisotopic (exact) mass is 150 g/mol. The number of nitrogens with one attached hydrogen (secondary N) is 1. The summed E-state index contributed by atoms with van der Waals surface area (Å²) in [4.78, 5) is 6.49. The van der Waals surface area contributed by atoms with Crippen LogP contribution in [0.1, 0.15) is 5.56 Å². The molecule has 2 rings (SSSR count). The van der Waals surface area contributed by atoms with Gasteiger partial charge in [0.05, 0.1) is 0 Å². The molecule has 2 aromatic rings. The van der Waals surface area contributed by atoms with Gasteiger partial charge in [-0.05, 0) is 18.6 Å². The van der Waals surface area contributed by atoms with Crippen LogP contribution in [0.25, 0.3) is 11.0 Å². The highest BCUT2D eigenvalue weighted by Gasteiger charge is 2.01. The van der Waals surface area contributed by atoms with Crippen molar-refractivity contribution in [1.82, 2.24) is 9.97 Å². The summed E-state index contributed by atoms with van der Waals surface area (Å²) in [6, 6.07) is 3.31. The summed E-state index contributed by atoms with van der Waals surface area (Å²) in [5, 5.41) is 0.852. The number of halogens is 1. The number of aromatic nitrogens is 2. The summed E-state index contributed by atoms with van der Waals surface area (Å²) >= 11 is 0. The van der Waals surface area contributed by atoms with Crippen LogP contribution >= 0.6 is 0 Å². The van der Waals surface area contributed by atoms with Gasteiger partial charge in [0.15, 0.2) is 5.95 Å². The van der Waals surface area contributed by atoms with E-state index in [4.69, 9.17) is 0 Å². The maximum atomic E-state index is 12.6. The Kier molecular flexibility index (Phi) is 1.18. The predicted octanol–water partition coefficient (Wildman–Crippen LogP) is 2.01. The van der Waals surface area contributed by atoms with Gasteiger partial charge in [-0.1, -0.05) is 0 Å². The van der Waals surface area contributed by atoms with Gasteiger partial charge in [-0.25, -0.2) is 4.98 Å². The first-order valence-corrected chi connectivity index (χ1v) is 3.37. The van der Waals surface area contributed by atoms with Gasteiger partial charge in [-0.3, -0.25) is 0 Å². The molecule has 0 unspecified atom stereocenters. The van der Waals surface area contributed by atoms with Crippen molar-refractivity contribution in [2.24, 2.45) is 0 Å². The van der Waals surface area contributed by atoms with Crippen LogP contribution in [0, 0.1) is 12.9 Å². The molecule has 56 valence electrons. The molecule has 0 amide bonds. The number of aryl methyl sites for hydroxylation is 1. The first kappa shape index (κ1) is 6.34. The van der Waals surface area contributed by atoms with E-state index < -0.39 is 0 Å². The molecule has 1 N–H and O–H groups in total. The number of H-pyrrole nitrogens is 1. The van der Waals surface area contributed by atoms with Crippen LogP contribution in [-0.4, -0.2) is 9.97 Å². The van der Waals surface area contributed by atoms with Gasteiger partial charge >= 0.3 is 0 Å². The molecule has 2 aromatic heterocycles. The van der Waals surface area contributed by atoms with E-state index in [2.05, 4.69) is 9.97 Å². The minimum atomic E-state index is -0.332. The molecule has 3 heteroatoms. The summed E-state index contributed by atoms with van der Waals surface area (Å²) in [7, 11) is 0. The summed E-state index contributed by atoms with van der Waals surface area (Å²) in [6.45, 7) is 1.93. The lowest BCUT2D eigenvalue weighted by molar-refractivity contribution is 0.594. The summed E-state index contributed by atoms with van der Waals surface area (Å²) in [5.41, 5.74) is 1.65. The minimum Gasteiger partial charge on any atom is -0.316 e.